The van der Waals surface area contributed by atoms with Crippen LogP contribution in [0.1, 0.15) is 54.4 Å². The molecule has 39 heavy (non-hydrogen) atoms. The summed E-state index contributed by atoms with van der Waals surface area (Å²) in [6.07, 6.45) is -0.307. The second kappa shape index (κ2) is 13.0. The molecule has 2 rings (SSSR count). The third-order valence-corrected chi connectivity index (χ3v) is 19.8. The fraction of sp³-hybridized carbons (Fsp3) is 0.759. The van der Waals surface area contributed by atoms with Gasteiger partial charge in [-0.1, -0.05) is 59.7 Å². The third-order valence-electron chi connectivity index (χ3n) is 8.93. The SMILES string of the molecule is COC1C(CC(CO[Si](C)(C)C(C)(C)C)O[Si](C)(C)C(C)(C)C)OC(CC=O)C1CS(=O)(=O)c1ccccc1. The minimum Gasteiger partial charge on any atom is -0.414 e. The van der Waals surface area contributed by atoms with Crippen LogP contribution in [0, 0.1) is 5.92 Å². The molecule has 1 aromatic rings. The van der Waals surface area contributed by atoms with Crippen molar-refractivity contribution >= 4 is 32.8 Å². The minimum atomic E-state index is -3.60. The maximum atomic E-state index is 13.3. The number of hydrogen-bond acceptors (Lipinski definition) is 7. The molecule has 0 aromatic heterocycles. The molecule has 1 aromatic carbocycles. The first kappa shape index (κ1) is 34.3. The lowest BCUT2D eigenvalue weighted by Gasteiger charge is -2.42. The Kier molecular flexibility index (Phi) is 11.4. The molecule has 10 heteroatoms. The molecule has 0 saturated carbocycles. The van der Waals surface area contributed by atoms with Crippen LogP contribution in [-0.2, 0) is 33.0 Å². The Hall–Kier alpha value is -0.886. The number of benzene rings is 1. The number of aldehydes is 1. The quantitative estimate of drug-likeness (QED) is 0.195. The highest BCUT2D eigenvalue weighted by atomic mass is 32.2. The van der Waals surface area contributed by atoms with E-state index in [4.69, 9.17) is 18.3 Å². The molecule has 224 valence electrons. The minimum absolute atomic E-state index is 0.00572. The summed E-state index contributed by atoms with van der Waals surface area (Å²) in [6.45, 7) is 22.6. The van der Waals surface area contributed by atoms with Crippen LogP contribution >= 0.6 is 0 Å². The number of hydrogen-bond donors (Lipinski definition) is 0. The fourth-order valence-corrected chi connectivity index (χ4v) is 8.49. The van der Waals surface area contributed by atoms with Crippen molar-refractivity contribution in [2.24, 2.45) is 5.92 Å². The van der Waals surface area contributed by atoms with Crippen molar-refractivity contribution in [3.05, 3.63) is 30.3 Å². The van der Waals surface area contributed by atoms with Gasteiger partial charge in [-0.3, -0.25) is 0 Å². The standard InChI is InChI=1S/C29H52O7SSi2/c1-28(2,3)38(8,9)34-20-22(36-39(10,11)29(4,5)6)19-26-27(33-7)24(25(35-26)17-18-30)21-37(31,32)23-15-13-12-14-16-23/h12-16,18,22,24-27H,17,19-21H2,1-11H3. The van der Waals surface area contributed by atoms with Gasteiger partial charge < -0.3 is 23.1 Å². The van der Waals surface area contributed by atoms with Crippen molar-refractivity contribution in [2.75, 3.05) is 19.5 Å². The van der Waals surface area contributed by atoms with Gasteiger partial charge in [0.15, 0.2) is 26.5 Å². The molecule has 0 radical (unpaired) electrons. The van der Waals surface area contributed by atoms with Crippen LogP contribution in [0.25, 0.3) is 0 Å². The molecule has 1 saturated heterocycles. The first-order valence-electron chi connectivity index (χ1n) is 14.0. The van der Waals surface area contributed by atoms with Crippen molar-refractivity contribution in [1.29, 1.82) is 0 Å². The van der Waals surface area contributed by atoms with Gasteiger partial charge in [0.05, 0.1) is 41.7 Å². The van der Waals surface area contributed by atoms with Crippen molar-refractivity contribution < 1.29 is 31.5 Å². The average Bonchev–Trinajstić information content (AvgIpc) is 3.11. The first-order valence-corrected chi connectivity index (χ1v) is 21.4. The zero-order valence-corrected chi connectivity index (χ0v) is 28.8. The Morgan fingerprint density at radius 3 is 2.00 bits per heavy atom. The summed E-state index contributed by atoms with van der Waals surface area (Å²) in [5.74, 6) is -0.635. The number of rotatable bonds is 13. The fourth-order valence-electron chi connectivity index (χ4n) is 4.43. The summed E-state index contributed by atoms with van der Waals surface area (Å²) in [5, 5.41) is 0.0607. The van der Waals surface area contributed by atoms with Gasteiger partial charge >= 0.3 is 0 Å². The zero-order valence-electron chi connectivity index (χ0n) is 25.9. The van der Waals surface area contributed by atoms with E-state index >= 15 is 0 Å². The molecule has 1 aliphatic rings. The zero-order chi connectivity index (χ0) is 29.9. The molecule has 7 nitrogen and oxygen atoms in total. The van der Waals surface area contributed by atoms with Crippen LogP contribution in [0.2, 0.25) is 36.3 Å². The number of sulfone groups is 1. The lowest BCUT2D eigenvalue weighted by atomic mass is 9.94. The lowest BCUT2D eigenvalue weighted by molar-refractivity contribution is -0.111. The lowest BCUT2D eigenvalue weighted by Crippen LogP contribution is -2.49. The molecule has 0 amide bonds. The Labute approximate surface area is 239 Å². The smallest absolute Gasteiger partial charge is 0.192 e. The Morgan fingerprint density at radius 2 is 1.51 bits per heavy atom. The molecule has 0 N–H and O–H groups in total. The summed E-state index contributed by atoms with van der Waals surface area (Å²) in [6, 6.07) is 8.40. The highest BCUT2D eigenvalue weighted by Crippen LogP contribution is 2.41. The molecular formula is C29H52O7SSi2. The van der Waals surface area contributed by atoms with E-state index in [2.05, 4.69) is 67.7 Å². The number of carbonyl (C=O) groups excluding carboxylic acids is 1. The van der Waals surface area contributed by atoms with Crippen molar-refractivity contribution in [2.45, 2.75) is 120 Å². The number of carbonyl (C=O) groups is 1. The average molecular weight is 601 g/mol. The van der Waals surface area contributed by atoms with Gasteiger partial charge in [-0.2, -0.15) is 0 Å². The van der Waals surface area contributed by atoms with Gasteiger partial charge in [0.1, 0.15) is 6.29 Å². The topological polar surface area (TPSA) is 88.1 Å². The molecule has 5 atom stereocenters. The van der Waals surface area contributed by atoms with Gasteiger partial charge in [0.25, 0.3) is 0 Å². The van der Waals surface area contributed by atoms with E-state index in [-0.39, 0.29) is 33.2 Å². The highest BCUT2D eigenvalue weighted by molar-refractivity contribution is 7.91. The molecular weight excluding hydrogens is 549 g/mol. The van der Waals surface area contributed by atoms with Crippen LogP contribution in [0.15, 0.2) is 35.2 Å². The van der Waals surface area contributed by atoms with Crippen LogP contribution in [-0.4, -0.2) is 75.2 Å². The van der Waals surface area contributed by atoms with E-state index < -0.39 is 50.7 Å². The molecule has 5 unspecified atom stereocenters. The molecule has 0 bridgehead atoms. The van der Waals surface area contributed by atoms with E-state index in [1.807, 2.05) is 0 Å². The second-order valence-corrected chi connectivity index (χ2v) is 25.5. The Morgan fingerprint density at radius 1 is 0.949 bits per heavy atom. The molecule has 0 spiro atoms. The van der Waals surface area contributed by atoms with Crippen molar-refractivity contribution in [3.8, 4) is 0 Å². The predicted octanol–water partition coefficient (Wildman–Crippen LogP) is 6.25. The largest absolute Gasteiger partial charge is 0.414 e. The highest BCUT2D eigenvalue weighted by Gasteiger charge is 2.49. The number of ether oxygens (including phenoxy) is 2. The van der Waals surface area contributed by atoms with Crippen molar-refractivity contribution in [3.63, 3.8) is 0 Å². The number of methoxy groups -OCH3 is 1. The van der Waals surface area contributed by atoms with Crippen LogP contribution in [0.4, 0.5) is 0 Å². The summed E-state index contributed by atoms with van der Waals surface area (Å²) >= 11 is 0. The molecule has 1 fully saturated rings. The third kappa shape index (κ3) is 8.80. The normalized spacial score (nSPS) is 24.1. The van der Waals surface area contributed by atoms with Crippen LogP contribution in [0.3, 0.4) is 0 Å². The van der Waals surface area contributed by atoms with Gasteiger partial charge in [0, 0.05) is 25.9 Å². The van der Waals surface area contributed by atoms with Gasteiger partial charge in [-0.25, -0.2) is 8.42 Å². The van der Waals surface area contributed by atoms with E-state index in [0.29, 0.717) is 13.0 Å². The maximum absolute atomic E-state index is 13.3. The molecule has 0 aliphatic carbocycles. The second-order valence-electron chi connectivity index (χ2n) is 13.9. The van der Waals surface area contributed by atoms with Crippen LogP contribution < -0.4 is 0 Å². The maximum Gasteiger partial charge on any atom is 0.192 e. The predicted molar refractivity (Wildman–Crippen MR) is 162 cm³/mol. The molecule has 1 heterocycles. The van der Waals surface area contributed by atoms with Crippen LogP contribution in [0.5, 0.6) is 0 Å². The van der Waals surface area contributed by atoms with Gasteiger partial charge in [-0.05, 0) is 48.4 Å². The monoisotopic (exact) mass is 600 g/mol. The van der Waals surface area contributed by atoms with Crippen molar-refractivity contribution in [1.82, 2.24) is 0 Å². The Balaban J connectivity index is 2.35. The first-order chi connectivity index (χ1) is 17.8. The summed E-state index contributed by atoms with van der Waals surface area (Å²) in [5.41, 5.74) is 0. The molecule has 1 aliphatic heterocycles. The summed E-state index contributed by atoms with van der Waals surface area (Å²) in [7, 11) is -6.22. The van der Waals surface area contributed by atoms with Gasteiger partial charge in [0.2, 0.25) is 0 Å². The van der Waals surface area contributed by atoms with E-state index in [9.17, 15) is 13.2 Å². The summed E-state index contributed by atoms with van der Waals surface area (Å²) < 4.78 is 52.4. The summed E-state index contributed by atoms with van der Waals surface area (Å²) in [4.78, 5) is 11.8. The Bertz CT molecular complexity index is 1030. The van der Waals surface area contributed by atoms with Gasteiger partial charge in [-0.15, -0.1) is 0 Å². The van der Waals surface area contributed by atoms with E-state index in [1.165, 1.54) is 0 Å². The van der Waals surface area contributed by atoms with E-state index in [1.54, 1.807) is 37.4 Å². The van der Waals surface area contributed by atoms with E-state index in [0.717, 1.165) is 6.29 Å².